The minimum atomic E-state index is -1.34. The molecule has 2 amide bonds. The molecule has 3 rings (SSSR count). The van der Waals surface area contributed by atoms with Crippen molar-refractivity contribution in [1.29, 1.82) is 0 Å². The molecule has 0 radical (unpaired) electrons. The first-order valence-electron chi connectivity index (χ1n) is 9.61. The lowest BCUT2D eigenvalue weighted by Crippen LogP contribution is -2.44. The van der Waals surface area contributed by atoms with Crippen LogP contribution in [0.15, 0.2) is 48.5 Å². The van der Waals surface area contributed by atoms with Crippen LogP contribution in [0.1, 0.15) is 28.4 Å². The van der Waals surface area contributed by atoms with Crippen LogP contribution in [0.2, 0.25) is 0 Å². The Morgan fingerprint density at radius 3 is 2.58 bits per heavy atom. The summed E-state index contributed by atoms with van der Waals surface area (Å²) >= 11 is 0.807. The summed E-state index contributed by atoms with van der Waals surface area (Å²) in [5.74, 6) is -2.34. The van der Waals surface area contributed by atoms with E-state index >= 15 is 0 Å². The van der Waals surface area contributed by atoms with E-state index in [2.05, 4.69) is 0 Å². The summed E-state index contributed by atoms with van der Waals surface area (Å²) in [5.41, 5.74) is 2.00. The van der Waals surface area contributed by atoms with Crippen LogP contribution in [0.3, 0.4) is 0 Å². The van der Waals surface area contributed by atoms with Gasteiger partial charge >= 0.3 is 5.97 Å². The highest BCUT2D eigenvalue weighted by molar-refractivity contribution is 8.15. The monoisotopic (exact) mass is 441 g/mol. The van der Waals surface area contributed by atoms with E-state index in [0.717, 1.165) is 22.2 Å². The van der Waals surface area contributed by atoms with Crippen molar-refractivity contribution in [2.24, 2.45) is 0 Å². The van der Waals surface area contributed by atoms with Crippen LogP contribution in [0.4, 0.5) is 10.5 Å². The summed E-state index contributed by atoms with van der Waals surface area (Å²) in [6, 6.07) is 13.2. The van der Waals surface area contributed by atoms with Gasteiger partial charge in [-0.05, 0) is 60.5 Å². The summed E-state index contributed by atoms with van der Waals surface area (Å²) in [7, 11) is 0. The molecule has 1 aliphatic heterocycles. The number of anilines is 1. The van der Waals surface area contributed by atoms with Crippen molar-refractivity contribution in [1.82, 2.24) is 4.90 Å². The van der Waals surface area contributed by atoms with Crippen LogP contribution < -0.4 is 10.0 Å². The third kappa shape index (κ3) is 5.24. The van der Waals surface area contributed by atoms with Crippen molar-refractivity contribution in [3.05, 3.63) is 65.2 Å². The topological polar surface area (TPSA) is 107 Å². The molecule has 2 aromatic carbocycles. The summed E-state index contributed by atoms with van der Waals surface area (Å²) in [5, 5.41) is 9.67. The molecular weight excluding hydrogens is 420 g/mol. The number of hydrogen-bond donors (Lipinski definition) is 0. The Morgan fingerprint density at radius 1 is 1.16 bits per heavy atom. The average molecular weight is 441 g/mol. The van der Waals surface area contributed by atoms with Crippen LogP contribution in [0.5, 0.6) is 0 Å². The van der Waals surface area contributed by atoms with E-state index in [1.54, 1.807) is 30.0 Å². The SMILES string of the molecule is CCOC(=O)CN(c1cccc(C)c1)[C@H]1SC(=O)N(Cc2cccc(C(=O)[O-])c2)C1=O. The molecule has 0 N–H and O–H groups in total. The number of benzene rings is 2. The number of carbonyl (C=O) groups excluding carboxylic acids is 4. The number of rotatable bonds is 8. The molecule has 162 valence electrons. The van der Waals surface area contributed by atoms with E-state index in [1.807, 2.05) is 19.1 Å². The largest absolute Gasteiger partial charge is 0.545 e. The van der Waals surface area contributed by atoms with Gasteiger partial charge in [0.2, 0.25) is 0 Å². The molecule has 1 fully saturated rings. The fourth-order valence-electron chi connectivity index (χ4n) is 3.21. The summed E-state index contributed by atoms with van der Waals surface area (Å²) < 4.78 is 5.04. The number of aryl methyl sites for hydroxylation is 1. The van der Waals surface area contributed by atoms with Crippen LogP contribution in [0, 0.1) is 6.92 Å². The first kappa shape index (κ1) is 22.4. The van der Waals surface area contributed by atoms with Crippen LogP contribution in [0.25, 0.3) is 0 Å². The fourth-order valence-corrected chi connectivity index (χ4v) is 4.24. The second-order valence-corrected chi connectivity index (χ2v) is 7.95. The Morgan fingerprint density at radius 2 is 1.90 bits per heavy atom. The van der Waals surface area contributed by atoms with Crippen molar-refractivity contribution in [2.75, 3.05) is 18.1 Å². The number of imide groups is 1. The van der Waals surface area contributed by atoms with E-state index in [0.29, 0.717) is 11.3 Å². The van der Waals surface area contributed by atoms with Gasteiger partial charge in [-0.2, -0.15) is 0 Å². The van der Waals surface area contributed by atoms with Crippen LogP contribution in [-0.2, 0) is 20.9 Å². The Labute approximate surface area is 183 Å². The highest BCUT2D eigenvalue weighted by atomic mass is 32.2. The fraction of sp³-hybridized carbons (Fsp3) is 0.273. The van der Waals surface area contributed by atoms with Gasteiger partial charge in [-0.1, -0.05) is 30.3 Å². The number of amides is 2. The maximum Gasteiger partial charge on any atom is 0.325 e. The van der Waals surface area contributed by atoms with E-state index in [1.165, 1.54) is 18.2 Å². The van der Waals surface area contributed by atoms with Gasteiger partial charge in [0, 0.05) is 5.69 Å². The molecule has 1 atom stereocenters. The highest BCUT2D eigenvalue weighted by Crippen LogP contribution is 2.34. The summed E-state index contributed by atoms with van der Waals surface area (Å²) in [6.07, 6.45) is 0. The second-order valence-electron chi connectivity index (χ2n) is 6.92. The molecule has 1 aliphatic rings. The highest BCUT2D eigenvalue weighted by Gasteiger charge is 2.43. The maximum absolute atomic E-state index is 13.1. The van der Waals surface area contributed by atoms with Gasteiger partial charge in [0.1, 0.15) is 6.54 Å². The van der Waals surface area contributed by atoms with E-state index in [-0.39, 0.29) is 25.3 Å². The third-order valence-electron chi connectivity index (χ3n) is 4.63. The number of hydrogen-bond acceptors (Lipinski definition) is 8. The van der Waals surface area contributed by atoms with Gasteiger partial charge in [-0.25, -0.2) is 0 Å². The second kappa shape index (κ2) is 9.65. The number of ether oxygens (including phenoxy) is 1. The number of carboxylic acid groups (broad SMARTS) is 1. The predicted molar refractivity (Wildman–Crippen MR) is 113 cm³/mol. The zero-order valence-corrected chi connectivity index (χ0v) is 17.9. The van der Waals surface area contributed by atoms with E-state index in [9.17, 15) is 24.3 Å². The maximum atomic E-state index is 13.1. The predicted octanol–water partition coefficient (Wildman–Crippen LogP) is 1.95. The molecule has 31 heavy (non-hydrogen) atoms. The quantitative estimate of drug-likeness (QED) is 0.572. The molecule has 0 unspecified atom stereocenters. The van der Waals surface area contributed by atoms with Gasteiger partial charge in [0.15, 0.2) is 5.37 Å². The molecule has 1 saturated heterocycles. The number of nitrogens with zero attached hydrogens (tertiary/aromatic N) is 2. The third-order valence-corrected chi connectivity index (χ3v) is 5.74. The minimum Gasteiger partial charge on any atom is -0.545 e. The van der Waals surface area contributed by atoms with Crippen molar-refractivity contribution >= 4 is 40.5 Å². The number of aromatic carboxylic acids is 1. The van der Waals surface area contributed by atoms with Crippen molar-refractivity contribution < 1.29 is 29.0 Å². The summed E-state index contributed by atoms with van der Waals surface area (Å²) in [6.45, 7) is 3.51. The molecular formula is C22H21N2O6S-. The van der Waals surface area contributed by atoms with Crippen molar-refractivity contribution in [3.63, 3.8) is 0 Å². The van der Waals surface area contributed by atoms with Gasteiger partial charge in [-0.15, -0.1) is 0 Å². The average Bonchev–Trinajstić information content (AvgIpc) is 3.00. The van der Waals surface area contributed by atoms with E-state index in [4.69, 9.17) is 4.74 Å². The van der Waals surface area contributed by atoms with Gasteiger partial charge in [-0.3, -0.25) is 19.3 Å². The number of carboxylic acids is 1. The first-order chi connectivity index (χ1) is 14.8. The Bertz CT molecular complexity index is 1020. The molecule has 0 spiro atoms. The lowest BCUT2D eigenvalue weighted by Gasteiger charge is -2.28. The number of esters is 1. The van der Waals surface area contributed by atoms with Crippen molar-refractivity contribution in [3.8, 4) is 0 Å². The molecule has 9 heteroatoms. The Balaban J connectivity index is 1.86. The molecule has 2 aromatic rings. The normalized spacial score (nSPS) is 15.8. The number of carbonyl (C=O) groups is 4. The summed E-state index contributed by atoms with van der Waals surface area (Å²) in [4.78, 5) is 51.6. The van der Waals surface area contributed by atoms with Gasteiger partial charge in [0.25, 0.3) is 11.1 Å². The standard InChI is InChI=1S/C22H22N2O6S/c1-3-30-18(25)13-23(17-9-4-6-14(2)10-17)20-19(26)24(22(29)31-20)12-15-7-5-8-16(11-15)21(27)28/h4-11,20H,3,12-13H2,1-2H3,(H,27,28)/p-1/t20-/m0/s1. The molecule has 0 bridgehead atoms. The molecule has 0 aromatic heterocycles. The first-order valence-corrected chi connectivity index (χ1v) is 10.5. The van der Waals surface area contributed by atoms with Crippen LogP contribution >= 0.6 is 11.8 Å². The lowest BCUT2D eigenvalue weighted by molar-refractivity contribution is -0.255. The van der Waals surface area contributed by atoms with Crippen molar-refractivity contribution in [2.45, 2.75) is 25.8 Å². The van der Waals surface area contributed by atoms with E-state index < -0.39 is 28.5 Å². The number of thioether (sulfide) groups is 1. The van der Waals surface area contributed by atoms with Gasteiger partial charge in [0.05, 0.1) is 19.1 Å². The zero-order valence-electron chi connectivity index (χ0n) is 17.1. The lowest BCUT2D eigenvalue weighted by atomic mass is 10.1. The van der Waals surface area contributed by atoms with Gasteiger partial charge < -0.3 is 19.5 Å². The Kier molecular flexibility index (Phi) is 6.96. The minimum absolute atomic E-state index is 0.0375. The molecule has 0 aliphatic carbocycles. The Hall–Kier alpha value is -3.33. The smallest absolute Gasteiger partial charge is 0.325 e. The molecule has 8 nitrogen and oxygen atoms in total. The molecule has 1 heterocycles. The molecule has 0 saturated carbocycles. The zero-order chi connectivity index (χ0) is 22.5. The van der Waals surface area contributed by atoms with Crippen LogP contribution in [-0.4, -0.2) is 46.5 Å².